The Bertz CT molecular complexity index is 562. The lowest BCUT2D eigenvalue weighted by atomic mass is 9.84. The first kappa shape index (κ1) is 15.8. The predicted molar refractivity (Wildman–Crippen MR) is 79.5 cm³/mol. The molecule has 0 bridgehead atoms. The van der Waals surface area contributed by atoms with Gasteiger partial charge in [-0.1, -0.05) is 19.3 Å². The molecule has 1 fully saturated rings. The van der Waals surface area contributed by atoms with E-state index in [9.17, 15) is 8.42 Å². The van der Waals surface area contributed by atoms with Gasteiger partial charge in [-0.25, -0.2) is 18.1 Å². The minimum atomic E-state index is -3.61. The van der Waals surface area contributed by atoms with Crippen molar-refractivity contribution in [2.75, 3.05) is 5.88 Å². The van der Waals surface area contributed by atoms with E-state index in [0.717, 1.165) is 32.1 Å². The summed E-state index contributed by atoms with van der Waals surface area (Å²) in [5.74, 6) is 1.01. The third-order valence-electron chi connectivity index (χ3n) is 3.99. The van der Waals surface area contributed by atoms with Crippen molar-refractivity contribution in [1.29, 1.82) is 0 Å². The number of nitrogens with zero attached hydrogens (tertiary/aromatic N) is 2. The van der Waals surface area contributed by atoms with Crippen molar-refractivity contribution in [3.8, 4) is 0 Å². The van der Waals surface area contributed by atoms with Gasteiger partial charge in [-0.05, 0) is 26.7 Å². The Balaban J connectivity index is 2.25. The molecule has 0 radical (unpaired) electrons. The molecule has 114 valence electrons. The van der Waals surface area contributed by atoms with Crippen molar-refractivity contribution in [2.24, 2.45) is 0 Å². The van der Waals surface area contributed by atoms with Gasteiger partial charge in [0.15, 0.2) is 5.03 Å². The zero-order valence-electron chi connectivity index (χ0n) is 12.0. The zero-order chi connectivity index (χ0) is 14.8. The molecule has 0 spiro atoms. The van der Waals surface area contributed by atoms with Gasteiger partial charge in [0.05, 0.1) is 0 Å². The second-order valence-electron chi connectivity index (χ2n) is 5.49. The van der Waals surface area contributed by atoms with E-state index in [-0.39, 0.29) is 5.03 Å². The number of rotatable bonds is 5. The number of hydrogen-bond acceptors (Lipinski definition) is 3. The van der Waals surface area contributed by atoms with Crippen molar-refractivity contribution in [1.82, 2.24) is 14.3 Å². The van der Waals surface area contributed by atoms with E-state index in [1.807, 2.05) is 11.5 Å². The summed E-state index contributed by atoms with van der Waals surface area (Å²) in [7, 11) is -3.61. The first-order valence-electron chi connectivity index (χ1n) is 7.06. The van der Waals surface area contributed by atoms with Crippen LogP contribution < -0.4 is 4.72 Å². The number of imidazole rings is 1. The van der Waals surface area contributed by atoms with Gasteiger partial charge in [0.2, 0.25) is 0 Å². The van der Waals surface area contributed by atoms with Gasteiger partial charge in [0, 0.05) is 24.2 Å². The third-order valence-corrected chi connectivity index (χ3v) is 5.95. The largest absolute Gasteiger partial charge is 0.334 e. The highest BCUT2D eigenvalue weighted by molar-refractivity contribution is 7.89. The second-order valence-corrected chi connectivity index (χ2v) is 7.39. The number of halogens is 1. The van der Waals surface area contributed by atoms with E-state index >= 15 is 0 Å². The highest BCUT2D eigenvalue weighted by Crippen LogP contribution is 2.30. The number of sulfonamides is 1. The molecular weight excluding hydrogens is 298 g/mol. The SMILES string of the molecule is CCn1cc(S(=O)(=O)NC2(CCl)CCCCC2)nc1C. The van der Waals surface area contributed by atoms with Crippen LogP contribution in [0.1, 0.15) is 44.9 Å². The van der Waals surface area contributed by atoms with Gasteiger partial charge in [0.1, 0.15) is 5.82 Å². The summed E-state index contributed by atoms with van der Waals surface area (Å²) in [6, 6.07) is 0. The molecule has 0 aromatic carbocycles. The summed E-state index contributed by atoms with van der Waals surface area (Å²) in [6.07, 6.45) is 6.34. The van der Waals surface area contributed by atoms with Gasteiger partial charge >= 0.3 is 0 Å². The summed E-state index contributed by atoms with van der Waals surface area (Å²) in [4.78, 5) is 4.15. The van der Waals surface area contributed by atoms with Gasteiger partial charge in [-0.15, -0.1) is 11.6 Å². The normalized spacial score (nSPS) is 19.1. The number of hydrogen-bond donors (Lipinski definition) is 1. The van der Waals surface area contributed by atoms with Crippen LogP contribution in [-0.4, -0.2) is 29.4 Å². The van der Waals surface area contributed by atoms with Crippen molar-refractivity contribution in [3.05, 3.63) is 12.0 Å². The van der Waals surface area contributed by atoms with Crippen molar-refractivity contribution < 1.29 is 8.42 Å². The van der Waals surface area contributed by atoms with Crippen LogP contribution in [0.4, 0.5) is 0 Å². The van der Waals surface area contributed by atoms with Crippen molar-refractivity contribution >= 4 is 21.6 Å². The average molecular weight is 320 g/mol. The first-order chi connectivity index (χ1) is 9.42. The number of aromatic nitrogens is 2. The summed E-state index contributed by atoms with van der Waals surface area (Å²) in [5.41, 5.74) is -0.511. The average Bonchev–Trinajstić information content (AvgIpc) is 2.81. The molecule has 1 aliphatic carbocycles. The molecule has 2 rings (SSSR count). The molecule has 1 aromatic heterocycles. The van der Waals surface area contributed by atoms with Crippen LogP contribution in [0.25, 0.3) is 0 Å². The lowest BCUT2D eigenvalue weighted by Gasteiger charge is -2.35. The van der Waals surface area contributed by atoms with Gasteiger partial charge in [-0.2, -0.15) is 0 Å². The van der Waals surface area contributed by atoms with E-state index < -0.39 is 15.6 Å². The van der Waals surface area contributed by atoms with Crippen molar-refractivity contribution in [3.63, 3.8) is 0 Å². The van der Waals surface area contributed by atoms with Crippen LogP contribution >= 0.6 is 11.6 Å². The maximum atomic E-state index is 12.5. The van der Waals surface area contributed by atoms with Crippen LogP contribution in [0, 0.1) is 6.92 Å². The lowest BCUT2D eigenvalue weighted by molar-refractivity contribution is 0.297. The van der Waals surface area contributed by atoms with Gasteiger partial charge in [-0.3, -0.25) is 0 Å². The Hall–Kier alpha value is -0.590. The fourth-order valence-electron chi connectivity index (χ4n) is 2.76. The molecule has 0 unspecified atom stereocenters. The number of alkyl halides is 1. The van der Waals surface area contributed by atoms with Gasteiger partial charge < -0.3 is 4.57 Å². The zero-order valence-corrected chi connectivity index (χ0v) is 13.6. The molecule has 1 N–H and O–H groups in total. The quantitative estimate of drug-likeness (QED) is 0.848. The van der Waals surface area contributed by atoms with Gasteiger partial charge in [0.25, 0.3) is 10.0 Å². The summed E-state index contributed by atoms with van der Waals surface area (Å²) < 4.78 is 29.6. The molecule has 5 nitrogen and oxygen atoms in total. The smallest absolute Gasteiger partial charge is 0.260 e. The predicted octanol–water partition coefficient (Wildman–Crippen LogP) is 2.43. The molecule has 0 aliphatic heterocycles. The van der Waals surface area contributed by atoms with Crippen LogP contribution in [0.2, 0.25) is 0 Å². The number of nitrogens with one attached hydrogen (secondary N) is 1. The summed E-state index contributed by atoms with van der Waals surface area (Å²) >= 11 is 6.04. The monoisotopic (exact) mass is 319 g/mol. The Labute approximate surface area is 125 Å². The fourth-order valence-corrected chi connectivity index (χ4v) is 4.64. The molecule has 0 atom stereocenters. The minimum absolute atomic E-state index is 0.0897. The van der Waals surface area contributed by atoms with Crippen LogP contribution in [0.5, 0.6) is 0 Å². The topological polar surface area (TPSA) is 64.0 Å². The van der Waals surface area contributed by atoms with Crippen LogP contribution in [-0.2, 0) is 16.6 Å². The summed E-state index contributed by atoms with van der Waals surface area (Å²) in [6.45, 7) is 4.47. The second kappa shape index (κ2) is 6.03. The standard InChI is InChI=1S/C13H22ClN3O2S/c1-3-17-9-12(15-11(17)2)20(18,19)16-13(10-14)7-5-4-6-8-13/h9,16H,3-8,10H2,1-2H3. The van der Waals surface area contributed by atoms with E-state index in [1.165, 1.54) is 0 Å². The molecule has 0 amide bonds. The van der Waals surface area contributed by atoms with E-state index in [2.05, 4.69) is 9.71 Å². The Morgan fingerprint density at radius 2 is 2.05 bits per heavy atom. The molecule has 1 saturated carbocycles. The minimum Gasteiger partial charge on any atom is -0.334 e. The van der Waals surface area contributed by atoms with Crippen LogP contribution in [0.15, 0.2) is 11.2 Å². The third kappa shape index (κ3) is 3.18. The molecular formula is C13H22ClN3O2S. The van der Waals surface area contributed by atoms with E-state index in [1.54, 1.807) is 13.1 Å². The fraction of sp³-hybridized carbons (Fsp3) is 0.769. The van der Waals surface area contributed by atoms with E-state index in [0.29, 0.717) is 18.2 Å². The molecule has 1 heterocycles. The molecule has 1 aromatic rings. The maximum absolute atomic E-state index is 12.5. The summed E-state index contributed by atoms with van der Waals surface area (Å²) in [5, 5.41) is 0.0897. The Kier molecular flexibility index (Phi) is 4.76. The first-order valence-corrected chi connectivity index (χ1v) is 9.08. The van der Waals surface area contributed by atoms with Crippen molar-refractivity contribution in [2.45, 2.75) is 63.1 Å². The van der Waals surface area contributed by atoms with Crippen LogP contribution in [0.3, 0.4) is 0 Å². The van der Waals surface area contributed by atoms with E-state index in [4.69, 9.17) is 11.6 Å². The Morgan fingerprint density at radius 3 is 2.55 bits per heavy atom. The lowest BCUT2D eigenvalue weighted by Crippen LogP contribution is -2.51. The molecule has 1 aliphatic rings. The highest BCUT2D eigenvalue weighted by atomic mass is 35.5. The molecule has 0 saturated heterocycles. The highest BCUT2D eigenvalue weighted by Gasteiger charge is 2.36. The molecule has 20 heavy (non-hydrogen) atoms. The maximum Gasteiger partial charge on any atom is 0.260 e. The number of aryl methyl sites for hydroxylation is 2. The Morgan fingerprint density at radius 1 is 1.40 bits per heavy atom. The molecule has 7 heteroatoms.